The molecule has 4 rings (SSSR count). The van der Waals surface area contributed by atoms with E-state index in [1.807, 2.05) is 0 Å². The first-order valence-electron chi connectivity index (χ1n) is 9.72. The minimum Gasteiger partial charge on any atom is -0.489 e. The molecule has 0 aliphatic heterocycles. The second-order valence-corrected chi connectivity index (χ2v) is 6.95. The van der Waals surface area contributed by atoms with E-state index in [2.05, 4.69) is 10.4 Å². The molecule has 1 aromatic heterocycles. The van der Waals surface area contributed by atoms with E-state index in [1.165, 1.54) is 22.9 Å². The average molecular weight is 430 g/mol. The van der Waals surface area contributed by atoms with E-state index in [-0.39, 0.29) is 24.0 Å². The summed E-state index contributed by atoms with van der Waals surface area (Å²) in [5, 5.41) is 6.92. The highest BCUT2D eigenvalue weighted by Gasteiger charge is 2.09. The summed E-state index contributed by atoms with van der Waals surface area (Å²) in [5.74, 6) is -0.668. The zero-order chi connectivity index (χ0) is 22.5. The molecule has 0 saturated heterocycles. The molecule has 7 nitrogen and oxygen atoms in total. The fourth-order valence-corrected chi connectivity index (χ4v) is 2.97. The first-order valence-corrected chi connectivity index (χ1v) is 9.72. The Balaban J connectivity index is 1.39. The molecule has 0 aliphatic carbocycles. The van der Waals surface area contributed by atoms with Crippen LogP contribution >= 0.6 is 0 Å². The van der Waals surface area contributed by atoms with Crippen molar-refractivity contribution >= 4 is 17.5 Å². The zero-order valence-electron chi connectivity index (χ0n) is 16.9. The number of aromatic nitrogens is 2. The summed E-state index contributed by atoms with van der Waals surface area (Å²) in [6.07, 6.45) is 1.63. The van der Waals surface area contributed by atoms with Gasteiger partial charge in [0.05, 0.1) is 5.69 Å². The van der Waals surface area contributed by atoms with E-state index in [9.17, 15) is 14.0 Å². The Bertz CT molecular complexity index is 1250. The lowest BCUT2D eigenvalue weighted by atomic mass is 10.2. The van der Waals surface area contributed by atoms with Crippen molar-refractivity contribution in [2.75, 3.05) is 5.32 Å². The van der Waals surface area contributed by atoms with E-state index in [4.69, 9.17) is 10.5 Å². The molecule has 8 heteroatoms. The third-order valence-electron chi connectivity index (χ3n) is 4.65. The Morgan fingerprint density at radius 2 is 1.75 bits per heavy atom. The fraction of sp³-hybridized carbons (Fsp3) is 0.0417. The van der Waals surface area contributed by atoms with Crippen LogP contribution < -0.4 is 15.8 Å². The van der Waals surface area contributed by atoms with Gasteiger partial charge in [0, 0.05) is 17.4 Å². The van der Waals surface area contributed by atoms with Crippen LogP contribution in [-0.2, 0) is 6.61 Å². The third kappa shape index (κ3) is 4.99. The normalized spacial score (nSPS) is 10.5. The van der Waals surface area contributed by atoms with Gasteiger partial charge >= 0.3 is 0 Å². The van der Waals surface area contributed by atoms with Crippen molar-refractivity contribution in [1.29, 1.82) is 0 Å². The number of benzene rings is 3. The van der Waals surface area contributed by atoms with Crippen molar-refractivity contribution in [3.05, 3.63) is 108 Å². The number of nitrogens with zero attached hydrogens (tertiary/aromatic N) is 2. The molecule has 2 amide bonds. The van der Waals surface area contributed by atoms with Crippen molar-refractivity contribution in [3.63, 3.8) is 0 Å². The summed E-state index contributed by atoms with van der Waals surface area (Å²) >= 11 is 0. The molecule has 0 bridgehead atoms. The number of hydrogen-bond donors (Lipinski definition) is 2. The highest BCUT2D eigenvalue weighted by molar-refractivity contribution is 6.04. The largest absolute Gasteiger partial charge is 0.489 e. The van der Waals surface area contributed by atoms with Gasteiger partial charge in [0.25, 0.3) is 11.8 Å². The number of amides is 2. The third-order valence-corrected chi connectivity index (χ3v) is 4.65. The van der Waals surface area contributed by atoms with Crippen LogP contribution in [0.4, 0.5) is 10.1 Å². The lowest BCUT2D eigenvalue weighted by Crippen LogP contribution is -2.12. The number of nitrogens with one attached hydrogen (secondary N) is 1. The lowest BCUT2D eigenvalue weighted by Gasteiger charge is -2.10. The van der Waals surface area contributed by atoms with Gasteiger partial charge < -0.3 is 15.8 Å². The maximum absolute atomic E-state index is 13.0. The molecule has 160 valence electrons. The summed E-state index contributed by atoms with van der Waals surface area (Å²) in [6, 6.07) is 21.3. The minimum absolute atomic E-state index is 0.170. The number of ether oxygens (including phenoxy) is 1. The average Bonchev–Trinajstić information content (AvgIpc) is 3.30. The maximum atomic E-state index is 13.0. The predicted molar refractivity (Wildman–Crippen MR) is 117 cm³/mol. The van der Waals surface area contributed by atoms with E-state index in [0.717, 1.165) is 5.56 Å². The molecule has 0 aliphatic rings. The van der Waals surface area contributed by atoms with Crippen molar-refractivity contribution in [1.82, 2.24) is 9.78 Å². The van der Waals surface area contributed by atoms with Gasteiger partial charge in [-0.2, -0.15) is 5.10 Å². The van der Waals surface area contributed by atoms with Gasteiger partial charge in [-0.05, 0) is 66.2 Å². The van der Waals surface area contributed by atoms with Crippen LogP contribution in [0.25, 0.3) is 5.69 Å². The molecule has 0 unspecified atom stereocenters. The SMILES string of the molecule is NC(=O)c1ccn(-c2ccc(NC(=O)c3cccc(OCc4ccc(F)cc4)c3)cc2)n1. The molecule has 0 spiro atoms. The Morgan fingerprint density at radius 1 is 1.00 bits per heavy atom. The molecule has 0 radical (unpaired) electrons. The summed E-state index contributed by atoms with van der Waals surface area (Å²) in [7, 11) is 0. The molecule has 0 saturated carbocycles. The van der Waals surface area contributed by atoms with Crippen LogP contribution in [0.5, 0.6) is 5.75 Å². The fourth-order valence-electron chi connectivity index (χ4n) is 2.97. The minimum atomic E-state index is -0.600. The molecule has 0 atom stereocenters. The van der Waals surface area contributed by atoms with Crippen LogP contribution in [0.1, 0.15) is 26.4 Å². The summed E-state index contributed by atoms with van der Waals surface area (Å²) in [4.78, 5) is 23.8. The van der Waals surface area contributed by atoms with Gasteiger partial charge in [-0.25, -0.2) is 9.07 Å². The Hall–Kier alpha value is -4.46. The molecule has 3 aromatic carbocycles. The molecule has 3 N–H and O–H groups in total. The maximum Gasteiger partial charge on any atom is 0.269 e. The van der Waals surface area contributed by atoms with E-state index < -0.39 is 5.91 Å². The van der Waals surface area contributed by atoms with Crippen molar-refractivity contribution in [2.45, 2.75) is 6.61 Å². The van der Waals surface area contributed by atoms with Gasteiger partial charge in [-0.1, -0.05) is 18.2 Å². The molecular weight excluding hydrogens is 411 g/mol. The van der Waals surface area contributed by atoms with Crippen molar-refractivity contribution < 1.29 is 18.7 Å². The van der Waals surface area contributed by atoms with Gasteiger partial charge in [0.15, 0.2) is 0 Å². The first kappa shape index (κ1) is 20.8. The van der Waals surface area contributed by atoms with Gasteiger partial charge in [0.2, 0.25) is 0 Å². The topological polar surface area (TPSA) is 99.2 Å². The number of anilines is 1. The van der Waals surface area contributed by atoms with Crippen molar-refractivity contribution in [2.24, 2.45) is 5.73 Å². The highest BCUT2D eigenvalue weighted by Crippen LogP contribution is 2.18. The Labute approximate surface area is 183 Å². The molecule has 32 heavy (non-hydrogen) atoms. The number of primary amides is 1. The smallest absolute Gasteiger partial charge is 0.269 e. The molecule has 0 fully saturated rings. The summed E-state index contributed by atoms with van der Waals surface area (Å²) in [5.41, 5.74) is 7.95. The summed E-state index contributed by atoms with van der Waals surface area (Å²) < 4.78 is 20.2. The Morgan fingerprint density at radius 3 is 2.44 bits per heavy atom. The number of hydrogen-bond acceptors (Lipinski definition) is 4. The number of carbonyl (C=O) groups excluding carboxylic acids is 2. The first-order chi connectivity index (χ1) is 15.5. The van der Waals surface area contributed by atoms with Crippen molar-refractivity contribution in [3.8, 4) is 11.4 Å². The Kier molecular flexibility index (Phi) is 5.94. The van der Waals surface area contributed by atoms with Gasteiger partial charge in [-0.15, -0.1) is 0 Å². The van der Waals surface area contributed by atoms with Crippen LogP contribution in [0.3, 0.4) is 0 Å². The van der Waals surface area contributed by atoms with E-state index >= 15 is 0 Å². The molecule has 1 heterocycles. The predicted octanol–water partition coefficient (Wildman–Crippen LogP) is 3.94. The zero-order valence-corrected chi connectivity index (χ0v) is 16.9. The van der Waals surface area contributed by atoms with Gasteiger partial charge in [-0.3, -0.25) is 9.59 Å². The highest BCUT2D eigenvalue weighted by atomic mass is 19.1. The van der Waals surface area contributed by atoms with E-state index in [1.54, 1.807) is 66.9 Å². The summed E-state index contributed by atoms with van der Waals surface area (Å²) in [6.45, 7) is 0.262. The molecular formula is C24H19FN4O3. The lowest BCUT2D eigenvalue weighted by molar-refractivity contribution is 0.0993. The number of nitrogens with two attached hydrogens (primary N) is 1. The molecule has 4 aromatic rings. The second-order valence-electron chi connectivity index (χ2n) is 6.95. The second kappa shape index (κ2) is 9.13. The monoisotopic (exact) mass is 430 g/mol. The van der Waals surface area contributed by atoms with Crippen LogP contribution in [0, 0.1) is 5.82 Å². The number of rotatable bonds is 7. The van der Waals surface area contributed by atoms with Gasteiger partial charge in [0.1, 0.15) is 23.9 Å². The quantitative estimate of drug-likeness (QED) is 0.464. The number of halogens is 1. The van der Waals surface area contributed by atoms with E-state index in [0.29, 0.717) is 22.7 Å². The van der Waals surface area contributed by atoms with Crippen LogP contribution in [0.15, 0.2) is 85.1 Å². The number of carbonyl (C=O) groups is 2. The van der Waals surface area contributed by atoms with Crippen LogP contribution in [0.2, 0.25) is 0 Å². The standard InChI is InChI=1S/C24H19FN4O3/c25-18-6-4-16(5-7-18)15-32-21-3-1-2-17(14-21)24(31)27-19-8-10-20(11-9-19)29-13-12-22(28-29)23(26)30/h1-14H,15H2,(H2,26,30)(H,27,31). The van der Waals surface area contributed by atoms with Crippen LogP contribution in [-0.4, -0.2) is 21.6 Å².